The molecule has 0 aliphatic rings. The van der Waals surface area contributed by atoms with Gasteiger partial charge in [0.05, 0.1) is 6.10 Å². The van der Waals surface area contributed by atoms with Crippen LogP contribution in [-0.4, -0.2) is 13.2 Å². The van der Waals surface area contributed by atoms with Crippen molar-refractivity contribution in [2.75, 3.05) is 0 Å². The first-order valence-electron chi connectivity index (χ1n) is 8.52. The van der Waals surface area contributed by atoms with Gasteiger partial charge in [0.15, 0.2) is 0 Å². The number of hydrogen-bond donors (Lipinski definition) is 1. The summed E-state index contributed by atoms with van der Waals surface area (Å²) in [6.07, 6.45) is 3.92. The maximum absolute atomic E-state index is 10.7. The Hall–Kier alpha value is -1.64. The molecule has 1 nitrogen and oxygen atoms in total. The fourth-order valence-corrected chi connectivity index (χ4v) is 4.89. The Morgan fingerprint density at radius 2 is 1.52 bits per heavy atom. The van der Waals surface area contributed by atoms with Gasteiger partial charge in [0.25, 0.3) is 0 Å². The minimum atomic E-state index is -1.61. The Kier molecular flexibility index (Phi) is 6.37. The first-order chi connectivity index (χ1) is 11.0. The van der Waals surface area contributed by atoms with Crippen LogP contribution >= 0.6 is 0 Å². The molecule has 0 radical (unpaired) electrons. The van der Waals surface area contributed by atoms with Gasteiger partial charge in [-0.3, -0.25) is 0 Å². The van der Waals surface area contributed by atoms with E-state index in [0.717, 1.165) is 18.4 Å². The van der Waals surface area contributed by atoms with Crippen LogP contribution in [0.1, 0.15) is 31.4 Å². The van der Waals surface area contributed by atoms with E-state index in [1.54, 1.807) is 0 Å². The maximum atomic E-state index is 10.7. The minimum Gasteiger partial charge on any atom is -0.388 e. The average Bonchev–Trinajstić information content (AvgIpc) is 2.59. The third-order valence-electron chi connectivity index (χ3n) is 4.45. The molecule has 0 heterocycles. The number of hydrogen-bond acceptors (Lipinski definition) is 1. The molecule has 0 fully saturated rings. The average molecular weight is 325 g/mol. The van der Waals surface area contributed by atoms with Crippen LogP contribution in [0, 0.1) is 5.92 Å². The van der Waals surface area contributed by atoms with Gasteiger partial charge in [-0.2, -0.15) is 0 Å². The maximum Gasteiger partial charge on any atom is 0.103 e. The highest BCUT2D eigenvalue weighted by Crippen LogP contribution is 2.27. The van der Waals surface area contributed by atoms with Crippen molar-refractivity contribution in [3.8, 4) is 0 Å². The molecule has 0 aliphatic heterocycles. The lowest BCUT2D eigenvalue weighted by Crippen LogP contribution is -2.39. The fraction of sp³-hybridized carbons (Fsp3) is 0.333. The van der Waals surface area contributed by atoms with Gasteiger partial charge in [-0.25, -0.2) is 0 Å². The number of aliphatic hydroxyl groups excluding tert-OH is 1. The molecule has 0 spiro atoms. The van der Waals surface area contributed by atoms with Gasteiger partial charge >= 0.3 is 0 Å². The first-order valence-corrected chi connectivity index (χ1v) is 11.6. The summed E-state index contributed by atoms with van der Waals surface area (Å²) in [5.41, 5.74) is 3.39. The quantitative estimate of drug-likeness (QED) is 0.722. The number of benzene rings is 2. The van der Waals surface area contributed by atoms with E-state index in [2.05, 4.69) is 62.1 Å². The number of aliphatic hydroxyl groups is 1. The van der Waals surface area contributed by atoms with Crippen molar-refractivity contribution in [3.05, 3.63) is 78.0 Å². The third kappa shape index (κ3) is 4.92. The summed E-state index contributed by atoms with van der Waals surface area (Å²) >= 11 is 0. The molecule has 0 saturated heterocycles. The van der Waals surface area contributed by atoms with E-state index in [1.165, 1.54) is 5.19 Å². The SMILES string of the molecule is CCC[C@@H](/C=C\[Si](C)(C)c1ccccc1)[C@H](O)c1ccccc1. The Morgan fingerprint density at radius 1 is 0.957 bits per heavy atom. The molecule has 23 heavy (non-hydrogen) atoms. The van der Waals surface area contributed by atoms with E-state index in [1.807, 2.05) is 30.3 Å². The summed E-state index contributed by atoms with van der Waals surface area (Å²) in [5.74, 6) is 0.179. The Labute approximate surface area is 141 Å². The predicted octanol–water partition coefficient (Wildman–Crippen LogP) is 4.85. The van der Waals surface area contributed by atoms with Crippen LogP contribution in [0.5, 0.6) is 0 Å². The van der Waals surface area contributed by atoms with Crippen LogP contribution < -0.4 is 5.19 Å². The number of rotatable bonds is 7. The molecule has 0 aromatic heterocycles. The van der Waals surface area contributed by atoms with Crippen molar-refractivity contribution in [3.63, 3.8) is 0 Å². The molecule has 122 valence electrons. The highest BCUT2D eigenvalue weighted by molar-refractivity contribution is 6.93. The minimum absolute atomic E-state index is 0.179. The van der Waals surface area contributed by atoms with Crippen LogP contribution in [0.3, 0.4) is 0 Å². The summed E-state index contributed by atoms with van der Waals surface area (Å²) in [7, 11) is -1.61. The molecule has 0 aliphatic carbocycles. The zero-order valence-electron chi connectivity index (χ0n) is 14.4. The van der Waals surface area contributed by atoms with E-state index in [9.17, 15) is 5.11 Å². The summed E-state index contributed by atoms with van der Waals surface area (Å²) in [6, 6.07) is 20.7. The van der Waals surface area contributed by atoms with Crippen molar-refractivity contribution in [2.45, 2.75) is 39.0 Å². The summed E-state index contributed by atoms with van der Waals surface area (Å²) in [6.45, 7) is 6.89. The monoisotopic (exact) mass is 324 g/mol. The molecule has 1 N–H and O–H groups in total. The van der Waals surface area contributed by atoms with E-state index in [-0.39, 0.29) is 5.92 Å². The fourth-order valence-electron chi connectivity index (χ4n) is 2.92. The lowest BCUT2D eigenvalue weighted by Gasteiger charge is -2.23. The van der Waals surface area contributed by atoms with Gasteiger partial charge in [0, 0.05) is 5.92 Å². The molecule has 2 aromatic carbocycles. The smallest absolute Gasteiger partial charge is 0.103 e. The second kappa shape index (κ2) is 8.28. The van der Waals surface area contributed by atoms with Crippen LogP contribution in [0.25, 0.3) is 0 Å². The van der Waals surface area contributed by atoms with Gasteiger partial charge in [-0.15, -0.1) is 0 Å². The van der Waals surface area contributed by atoms with Gasteiger partial charge < -0.3 is 5.11 Å². The molecule has 2 rings (SSSR count). The van der Waals surface area contributed by atoms with Crippen molar-refractivity contribution in [1.82, 2.24) is 0 Å². The highest BCUT2D eigenvalue weighted by Gasteiger charge is 2.22. The first kappa shape index (κ1) is 17.7. The summed E-state index contributed by atoms with van der Waals surface area (Å²) in [4.78, 5) is 0. The van der Waals surface area contributed by atoms with Crippen LogP contribution in [-0.2, 0) is 0 Å². The van der Waals surface area contributed by atoms with Gasteiger partial charge in [-0.1, -0.05) is 104 Å². The largest absolute Gasteiger partial charge is 0.388 e. The third-order valence-corrected chi connectivity index (χ3v) is 7.29. The molecule has 0 bridgehead atoms. The van der Waals surface area contributed by atoms with Crippen LogP contribution in [0.4, 0.5) is 0 Å². The highest BCUT2D eigenvalue weighted by atomic mass is 28.3. The Bertz CT molecular complexity index is 604. The zero-order valence-corrected chi connectivity index (χ0v) is 15.4. The van der Waals surface area contributed by atoms with Crippen LogP contribution in [0.15, 0.2) is 72.4 Å². The lowest BCUT2D eigenvalue weighted by molar-refractivity contribution is 0.126. The molecule has 2 heteroatoms. The molecular formula is C21H28OSi. The van der Waals surface area contributed by atoms with Gasteiger partial charge in [0.1, 0.15) is 8.07 Å². The van der Waals surface area contributed by atoms with Crippen molar-refractivity contribution < 1.29 is 5.11 Å². The van der Waals surface area contributed by atoms with Crippen molar-refractivity contribution in [2.24, 2.45) is 5.92 Å². The van der Waals surface area contributed by atoms with Crippen molar-refractivity contribution >= 4 is 13.3 Å². The summed E-state index contributed by atoms with van der Waals surface area (Å²) < 4.78 is 0. The standard InChI is InChI=1S/C21H28OSi/c1-4-11-18(21(22)19-12-7-5-8-13-19)16-17-23(2,3)20-14-9-6-10-15-20/h5-10,12-18,21-22H,4,11H2,1-3H3/b17-16-/t18-,21-/m0/s1. The van der Waals surface area contributed by atoms with E-state index < -0.39 is 14.2 Å². The molecule has 0 saturated carbocycles. The molecular weight excluding hydrogens is 296 g/mol. The van der Waals surface area contributed by atoms with Gasteiger partial charge in [-0.05, 0) is 12.0 Å². The van der Waals surface area contributed by atoms with Gasteiger partial charge in [0.2, 0.25) is 0 Å². The van der Waals surface area contributed by atoms with Crippen LogP contribution in [0.2, 0.25) is 13.1 Å². The molecule has 2 atom stereocenters. The predicted molar refractivity (Wildman–Crippen MR) is 102 cm³/mol. The normalized spacial score (nSPS) is 14.8. The summed E-state index contributed by atoms with van der Waals surface area (Å²) in [5, 5.41) is 12.2. The van der Waals surface area contributed by atoms with E-state index >= 15 is 0 Å². The zero-order chi connectivity index (χ0) is 16.7. The van der Waals surface area contributed by atoms with E-state index in [0.29, 0.717) is 0 Å². The second-order valence-corrected chi connectivity index (χ2v) is 11.1. The lowest BCUT2D eigenvalue weighted by atomic mass is 9.92. The Balaban J connectivity index is 2.18. The topological polar surface area (TPSA) is 20.2 Å². The second-order valence-electron chi connectivity index (χ2n) is 6.75. The van der Waals surface area contributed by atoms with Crippen molar-refractivity contribution in [1.29, 1.82) is 0 Å². The Morgan fingerprint density at radius 3 is 2.09 bits per heavy atom. The molecule has 0 amide bonds. The molecule has 2 aromatic rings. The van der Waals surface area contributed by atoms with E-state index in [4.69, 9.17) is 0 Å². The molecule has 0 unspecified atom stereocenters.